The lowest BCUT2D eigenvalue weighted by Crippen LogP contribution is -2.44. The van der Waals surface area contributed by atoms with Crippen LogP contribution >= 0.6 is 22.6 Å². The molecule has 0 heterocycles. The number of ether oxygens (including phenoxy) is 1. The molecule has 1 aliphatic rings. The predicted octanol–water partition coefficient (Wildman–Crippen LogP) is 5.64. The minimum Gasteiger partial charge on any atom is -0.481 e. The minimum absolute atomic E-state index is 0.0348. The van der Waals surface area contributed by atoms with Crippen LogP contribution in [0.5, 0.6) is 0 Å². The Balaban J connectivity index is 1.39. The average Bonchev–Trinajstić information content (AvgIpc) is 3.11. The molecule has 0 fully saturated rings. The van der Waals surface area contributed by atoms with Crippen LogP contribution in [0.15, 0.2) is 66.7 Å². The number of amides is 2. The maximum Gasteiger partial charge on any atom is 0.411 e. The Morgan fingerprint density at radius 2 is 1.57 bits per heavy atom. The number of fused-ring (bicyclic) bond motifs is 3. The van der Waals surface area contributed by atoms with E-state index in [0.717, 1.165) is 22.3 Å². The Kier molecular flexibility index (Phi) is 7.11. The Labute approximate surface area is 217 Å². The standard InChI is InChI=1S/C27H25IN2O5/c1-27(2,14-24(31)32)30-25(33)16-11-12-23(22(28)13-16)29-26(34)35-15-21-19-9-5-3-7-17(19)18-8-4-6-10-20(18)21/h3-13,21H,14-15H2,1-2H3,(H,29,34)(H,30,33)(H,31,32). The number of hydrogen-bond acceptors (Lipinski definition) is 4. The topological polar surface area (TPSA) is 105 Å². The van der Waals surface area contributed by atoms with E-state index in [1.54, 1.807) is 32.0 Å². The molecule has 4 rings (SSSR count). The molecule has 0 radical (unpaired) electrons. The van der Waals surface area contributed by atoms with Crippen molar-refractivity contribution in [1.29, 1.82) is 0 Å². The van der Waals surface area contributed by atoms with Crippen molar-refractivity contribution in [2.75, 3.05) is 11.9 Å². The van der Waals surface area contributed by atoms with E-state index in [2.05, 4.69) is 34.9 Å². The number of carbonyl (C=O) groups is 3. The zero-order valence-electron chi connectivity index (χ0n) is 19.3. The maximum atomic E-state index is 12.6. The summed E-state index contributed by atoms with van der Waals surface area (Å²) < 4.78 is 6.24. The van der Waals surface area contributed by atoms with E-state index < -0.39 is 17.6 Å². The molecule has 3 aromatic carbocycles. The van der Waals surface area contributed by atoms with Crippen molar-refractivity contribution in [2.45, 2.75) is 31.7 Å². The summed E-state index contributed by atoms with van der Waals surface area (Å²) in [5, 5.41) is 14.5. The van der Waals surface area contributed by atoms with Gasteiger partial charge in [0.1, 0.15) is 6.61 Å². The molecular weight excluding hydrogens is 559 g/mol. The first-order valence-corrected chi connectivity index (χ1v) is 12.2. The van der Waals surface area contributed by atoms with E-state index in [9.17, 15) is 14.4 Å². The van der Waals surface area contributed by atoms with E-state index in [1.165, 1.54) is 0 Å². The number of rotatable bonds is 7. The molecule has 0 unspecified atom stereocenters. The maximum absolute atomic E-state index is 12.6. The number of halogens is 1. The molecule has 8 heteroatoms. The second-order valence-electron chi connectivity index (χ2n) is 9.05. The van der Waals surface area contributed by atoms with Crippen LogP contribution in [-0.4, -0.2) is 35.2 Å². The van der Waals surface area contributed by atoms with Crippen molar-refractivity contribution in [3.05, 3.63) is 87.0 Å². The van der Waals surface area contributed by atoms with Crippen LogP contribution < -0.4 is 10.6 Å². The van der Waals surface area contributed by atoms with Crippen LogP contribution in [0, 0.1) is 3.57 Å². The van der Waals surface area contributed by atoms with Crippen molar-refractivity contribution in [2.24, 2.45) is 0 Å². The van der Waals surface area contributed by atoms with Crippen LogP contribution in [-0.2, 0) is 9.53 Å². The molecule has 0 spiro atoms. The van der Waals surface area contributed by atoms with Gasteiger partial charge in [-0.05, 0) is 76.9 Å². The van der Waals surface area contributed by atoms with Gasteiger partial charge >= 0.3 is 12.1 Å². The summed E-state index contributed by atoms with van der Waals surface area (Å²) in [4.78, 5) is 36.1. The quantitative estimate of drug-likeness (QED) is 0.312. The number of anilines is 1. The van der Waals surface area contributed by atoms with E-state index in [0.29, 0.717) is 14.8 Å². The molecule has 35 heavy (non-hydrogen) atoms. The number of nitrogens with one attached hydrogen (secondary N) is 2. The molecule has 2 amide bonds. The third-order valence-electron chi connectivity index (χ3n) is 5.86. The van der Waals surface area contributed by atoms with Crippen molar-refractivity contribution < 1.29 is 24.2 Å². The van der Waals surface area contributed by atoms with E-state index in [-0.39, 0.29) is 24.9 Å². The molecule has 1 aliphatic carbocycles. The zero-order chi connectivity index (χ0) is 25.2. The number of carboxylic acids is 1. The molecule has 0 bridgehead atoms. The van der Waals surface area contributed by atoms with E-state index in [4.69, 9.17) is 9.84 Å². The molecular formula is C27H25IN2O5. The van der Waals surface area contributed by atoms with Gasteiger partial charge < -0.3 is 15.2 Å². The highest BCUT2D eigenvalue weighted by atomic mass is 127. The van der Waals surface area contributed by atoms with Gasteiger partial charge in [-0.3, -0.25) is 14.9 Å². The smallest absolute Gasteiger partial charge is 0.411 e. The average molecular weight is 584 g/mol. The Morgan fingerprint density at radius 3 is 2.14 bits per heavy atom. The molecule has 3 N–H and O–H groups in total. The molecule has 0 aliphatic heterocycles. The molecule has 3 aromatic rings. The Morgan fingerprint density at radius 1 is 0.971 bits per heavy atom. The fraction of sp³-hybridized carbons (Fsp3) is 0.222. The minimum atomic E-state index is -0.993. The van der Waals surface area contributed by atoms with Crippen molar-refractivity contribution in [1.82, 2.24) is 5.32 Å². The van der Waals surface area contributed by atoms with Gasteiger partial charge in [-0.15, -0.1) is 0 Å². The van der Waals surface area contributed by atoms with E-state index in [1.807, 2.05) is 46.9 Å². The van der Waals surface area contributed by atoms with Gasteiger partial charge in [-0.2, -0.15) is 0 Å². The van der Waals surface area contributed by atoms with Gasteiger partial charge in [0.05, 0.1) is 12.1 Å². The SMILES string of the molecule is CC(C)(CC(=O)O)NC(=O)c1ccc(NC(=O)OCC2c3ccccc3-c3ccccc32)c(I)c1. The van der Waals surface area contributed by atoms with Crippen LogP contribution in [0.3, 0.4) is 0 Å². The third kappa shape index (κ3) is 5.64. The Hall–Kier alpha value is -3.40. The lowest BCUT2D eigenvalue weighted by Gasteiger charge is -2.24. The summed E-state index contributed by atoms with van der Waals surface area (Å²) in [6, 6.07) is 21.1. The van der Waals surface area contributed by atoms with E-state index >= 15 is 0 Å². The van der Waals surface area contributed by atoms with Crippen LogP contribution in [0.4, 0.5) is 10.5 Å². The highest BCUT2D eigenvalue weighted by Gasteiger charge is 2.29. The van der Waals surface area contributed by atoms with Gasteiger partial charge in [0.2, 0.25) is 0 Å². The summed E-state index contributed by atoms with van der Waals surface area (Å²) >= 11 is 2.03. The largest absolute Gasteiger partial charge is 0.481 e. The lowest BCUT2D eigenvalue weighted by molar-refractivity contribution is -0.138. The predicted molar refractivity (Wildman–Crippen MR) is 142 cm³/mol. The second-order valence-corrected chi connectivity index (χ2v) is 10.2. The zero-order valence-corrected chi connectivity index (χ0v) is 21.5. The van der Waals surface area contributed by atoms with Gasteiger partial charge in [0, 0.05) is 20.6 Å². The molecule has 0 atom stereocenters. The van der Waals surface area contributed by atoms with Gasteiger partial charge in [0.25, 0.3) is 5.91 Å². The fourth-order valence-electron chi connectivity index (χ4n) is 4.30. The number of aliphatic carboxylic acids is 1. The number of hydrogen-bond donors (Lipinski definition) is 3. The first-order chi connectivity index (χ1) is 16.6. The van der Waals surface area contributed by atoms with Crippen LogP contribution in [0.1, 0.15) is 47.7 Å². The van der Waals surface area contributed by atoms with Gasteiger partial charge in [-0.1, -0.05) is 48.5 Å². The second kappa shape index (κ2) is 10.1. The van der Waals surface area contributed by atoms with Crippen molar-refractivity contribution in [3.63, 3.8) is 0 Å². The Bertz CT molecular complexity index is 1260. The van der Waals surface area contributed by atoms with Crippen molar-refractivity contribution in [3.8, 4) is 11.1 Å². The van der Waals surface area contributed by atoms with Gasteiger partial charge in [-0.25, -0.2) is 4.79 Å². The lowest BCUT2D eigenvalue weighted by atomic mass is 9.98. The fourth-order valence-corrected chi connectivity index (χ4v) is 4.95. The molecule has 7 nitrogen and oxygen atoms in total. The molecule has 0 saturated heterocycles. The summed E-state index contributed by atoms with van der Waals surface area (Å²) in [5.41, 5.74) is 4.58. The number of carboxylic acid groups (broad SMARTS) is 1. The van der Waals surface area contributed by atoms with Gasteiger partial charge in [0.15, 0.2) is 0 Å². The van der Waals surface area contributed by atoms with Crippen LogP contribution in [0.25, 0.3) is 11.1 Å². The summed E-state index contributed by atoms with van der Waals surface area (Å²) in [5.74, 6) is -1.41. The van der Waals surface area contributed by atoms with Crippen molar-refractivity contribution >= 4 is 46.2 Å². The normalized spacial score (nSPS) is 12.4. The summed E-state index contributed by atoms with van der Waals surface area (Å²) in [6.07, 6.45) is -0.776. The number of carbonyl (C=O) groups excluding carboxylic acids is 2. The summed E-state index contributed by atoms with van der Waals surface area (Å²) in [6.45, 7) is 3.50. The first-order valence-electron chi connectivity index (χ1n) is 11.1. The third-order valence-corrected chi connectivity index (χ3v) is 6.75. The highest BCUT2D eigenvalue weighted by molar-refractivity contribution is 14.1. The first kappa shape index (κ1) is 24.7. The number of benzene rings is 3. The molecule has 180 valence electrons. The highest BCUT2D eigenvalue weighted by Crippen LogP contribution is 2.44. The molecule has 0 aromatic heterocycles. The molecule has 0 saturated carbocycles. The summed E-state index contributed by atoms with van der Waals surface area (Å²) in [7, 11) is 0. The van der Waals surface area contributed by atoms with Crippen LogP contribution in [0.2, 0.25) is 0 Å². The monoisotopic (exact) mass is 584 g/mol.